The van der Waals surface area contributed by atoms with E-state index in [9.17, 15) is 0 Å². The van der Waals surface area contributed by atoms with E-state index < -0.39 is 0 Å². The molecule has 0 spiro atoms. The average Bonchev–Trinajstić information content (AvgIpc) is 2.61. The van der Waals surface area contributed by atoms with Crippen molar-refractivity contribution in [2.24, 2.45) is 11.8 Å². The summed E-state index contributed by atoms with van der Waals surface area (Å²) in [6, 6.07) is 0. The van der Waals surface area contributed by atoms with E-state index in [1.165, 1.54) is 103 Å². The Labute approximate surface area is 156 Å². The standard InChI is InChI=1S/2C12H26/c2*1-4-6-7-8-9-10-11-12(3)5-2/h2*12H,4-11H2,1-3H3. The minimum Gasteiger partial charge on any atom is -0.0654 e. The first-order valence-electron chi connectivity index (χ1n) is 11.6. The van der Waals surface area contributed by atoms with Crippen LogP contribution in [0.1, 0.15) is 144 Å². The molecule has 0 bridgehead atoms. The second-order valence-corrected chi connectivity index (χ2v) is 8.14. The lowest BCUT2D eigenvalue weighted by molar-refractivity contribution is 0.472. The normalized spacial score (nSPS) is 13.2. The van der Waals surface area contributed by atoms with Gasteiger partial charge in [-0.15, -0.1) is 0 Å². The Balaban J connectivity index is 0. The average molecular weight is 341 g/mol. The molecule has 148 valence electrons. The molecule has 0 N–H and O–H groups in total. The molecule has 0 saturated carbocycles. The lowest BCUT2D eigenvalue weighted by Gasteiger charge is -2.06. The van der Waals surface area contributed by atoms with Gasteiger partial charge in [0.15, 0.2) is 0 Å². The summed E-state index contributed by atoms with van der Waals surface area (Å²) in [5.41, 5.74) is 0. The molecule has 2 unspecified atom stereocenters. The topological polar surface area (TPSA) is 0 Å². The van der Waals surface area contributed by atoms with E-state index in [2.05, 4.69) is 41.5 Å². The van der Waals surface area contributed by atoms with Crippen LogP contribution in [0.4, 0.5) is 0 Å². The van der Waals surface area contributed by atoms with E-state index in [0.717, 1.165) is 11.8 Å². The molecule has 0 amide bonds. The molecule has 0 aromatic rings. The van der Waals surface area contributed by atoms with E-state index in [1.807, 2.05) is 0 Å². The number of hydrogen-bond donors (Lipinski definition) is 0. The Kier molecular flexibility index (Phi) is 25.1. The van der Waals surface area contributed by atoms with Crippen LogP contribution in [0, 0.1) is 11.8 Å². The highest BCUT2D eigenvalue weighted by atomic mass is 14.0. The predicted octanol–water partition coefficient (Wildman–Crippen LogP) is 9.57. The van der Waals surface area contributed by atoms with Crippen LogP contribution in [0.3, 0.4) is 0 Å². The minimum absolute atomic E-state index is 0.955. The number of hydrogen-bond acceptors (Lipinski definition) is 0. The van der Waals surface area contributed by atoms with Crippen LogP contribution in [0.5, 0.6) is 0 Å². The molecule has 0 nitrogen and oxygen atoms in total. The molecule has 0 fully saturated rings. The van der Waals surface area contributed by atoms with Crippen LogP contribution in [-0.2, 0) is 0 Å². The van der Waals surface area contributed by atoms with Gasteiger partial charge in [0, 0.05) is 0 Å². The number of rotatable bonds is 16. The lowest BCUT2D eigenvalue weighted by atomic mass is 10.00. The third kappa shape index (κ3) is 24.3. The van der Waals surface area contributed by atoms with Gasteiger partial charge in [0.05, 0.1) is 0 Å². The van der Waals surface area contributed by atoms with Crippen LogP contribution < -0.4 is 0 Å². The van der Waals surface area contributed by atoms with Gasteiger partial charge in [-0.25, -0.2) is 0 Å². The maximum absolute atomic E-state index is 2.37. The fourth-order valence-electron chi connectivity index (χ4n) is 2.95. The van der Waals surface area contributed by atoms with E-state index in [0.29, 0.717) is 0 Å². The Morgan fingerprint density at radius 2 is 0.708 bits per heavy atom. The fraction of sp³-hybridized carbons (Fsp3) is 1.00. The third-order valence-corrected chi connectivity index (χ3v) is 5.49. The molecule has 0 aliphatic heterocycles. The Morgan fingerprint density at radius 1 is 0.417 bits per heavy atom. The van der Waals surface area contributed by atoms with Gasteiger partial charge in [-0.05, 0) is 11.8 Å². The summed E-state index contributed by atoms with van der Waals surface area (Å²) in [5, 5.41) is 0. The first-order valence-corrected chi connectivity index (χ1v) is 11.6. The fourth-order valence-corrected chi connectivity index (χ4v) is 2.95. The Bertz CT molecular complexity index is 174. The summed E-state index contributed by atoms with van der Waals surface area (Å²) in [5.74, 6) is 1.91. The molecule has 0 aliphatic rings. The molecule has 0 rings (SSSR count). The van der Waals surface area contributed by atoms with Crippen molar-refractivity contribution in [1.29, 1.82) is 0 Å². The highest BCUT2D eigenvalue weighted by Gasteiger charge is 1.98. The van der Waals surface area contributed by atoms with E-state index in [1.54, 1.807) is 0 Å². The smallest absolute Gasteiger partial charge is 0.0445 e. The molecule has 0 aromatic carbocycles. The molecule has 0 radical (unpaired) electrons. The van der Waals surface area contributed by atoms with Crippen LogP contribution in [-0.4, -0.2) is 0 Å². The monoisotopic (exact) mass is 340 g/mol. The van der Waals surface area contributed by atoms with E-state index in [4.69, 9.17) is 0 Å². The molecule has 0 aliphatic carbocycles. The van der Waals surface area contributed by atoms with Gasteiger partial charge >= 0.3 is 0 Å². The summed E-state index contributed by atoms with van der Waals surface area (Å²) < 4.78 is 0. The number of unbranched alkanes of at least 4 members (excludes halogenated alkanes) is 10. The molecule has 0 saturated heterocycles. The summed E-state index contributed by atoms with van der Waals surface area (Å²) in [6.07, 6.45) is 22.9. The quantitative estimate of drug-likeness (QED) is 0.245. The highest BCUT2D eigenvalue weighted by molar-refractivity contribution is 4.52. The van der Waals surface area contributed by atoms with Crippen molar-refractivity contribution in [2.75, 3.05) is 0 Å². The minimum atomic E-state index is 0.955. The van der Waals surface area contributed by atoms with Crippen LogP contribution in [0.25, 0.3) is 0 Å². The van der Waals surface area contributed by atoms with Gasteiger partial charge in [0.2, 0.25) is 0 Å². The van der Waals surface area contributed by atoms with Crippen molar-refractivity contribution < 1.29 is 0 Å². The van der Waals surface area contributed by atoms with E-state index >= 15 is 0 Å². The zero-order chi connectivity index (χ0) is 18.5. The highest BCUT2D eigenvalue weighted by Crippen LogP contribution is 2.14. The summed E-state index contributed by atoms with van der Waals surface area (Å²) in [6.45, 7) is 13.9. The van der Waals surface area contributed by atoms with Gasteiger partial charge in [0.25, 0.3) is 0 Å². The van der Waals surface area contributed by atoms with Crippen LogP contribution in [0.2, 0.25) is 0 Å². The van der Waals surface area contributed by atoms with Crippen LogP contribution in [0.15, 0.2) is 0 Å². The summed E-state index contributed by atoms with van der Waals surface area (Å²) in [7, 11) is 0. The maximum atomic E-state index is 2.37. The second-order valence-electron chi connectivity index (χ2n) is 8.14. The molecule has 0 heteroatoms. The Morgan fingerprint density at radius 3 is 1.00 bits per heavy atom. The molecule has 0 heterocycles. The van der Waals surface area contributed by atoms with Crippen molar-refractivity contribution in [3.8, 4) is 0 Å². The molecule has 2 atom stereocenters. The first kappa shape index (κ1) is 26.2. The van der Waals surface area contributed by atoms with Crippen LogP contribution >= 0.6 is 0 Å². The summed E-state index contributed by atoms with van der Waals surface area (Å²) >= 11 is 0. The van der Waals surface area contributed by atoms with Crippen molar-refractivity contribution in [3.05, 3.63) is 0 Å². The zero-order valence-corrected chi connectivity index (χ0v) is 18.5. The third-order valence-electron chi connectivity index (χ3n) is 5.49. The molecule has 24 heavy (non-hydrogen) atoms. The summed E-state index contributed by atoms with van der Waals surface area (Å²) in [4.78, 5) is 0. The van der Waals surface area contributed by atoms with Crippen molar-refractivity contribution in [1.82, 2.24) is 0 Å². The Hall–Kier alpha value is 0. The molecule has 0 aromatic heterocycles. The molecular formula is C24H52. The van der Waals surface area contributed by atoms with Gasteiger partial charge in [0.1, 0.15) is 0 Å². The van der Waals surface area contributed by atoms with Crippen molar-refractivity contribution >= 4 is 0 Å². The van der Waals surface area contributed by atoms with Crippen molar-refractivity contribution in [3.63, 3.8) is 0 Å². The largest absolute Gasteiger partial charge is 0.0654 e. The molecular weight excluding hydrogens is 288 g/mol. The van der Waals surface area contributed by atoms with E-state index in [-0.39, 0.29) is 0 Å². The lowest BCUT2D eigenvalue weighted by Crippen LogP contribution is -1.91. The second kappa shape index (κ2) is 23.0. The maximum Gasteiger partial charge on any atom is -0.0445 e. The van der Waals surface area contributed by atoms with Gasteiger partial charge < -0.3 is 0 Å². The van der Waals surface area contributed by atoms with Crippen molar-refractivity contribution in [2.45, 2.75) is 144 Å². The zero-order valence-electron chi connectivity index (χ0n) is 18.5. The predicted molar refractivity (Wildman–Crippen MR) is 115 cm³/mol. The SMILES string of the molecule is CCCCCCCCC(C)CC.CCCCCCCCC(C)CC. The first-order chi connectivity index (χ1) is 11.6. The van der Waals surface area contributed by atoms with Gasteiger partial charge in [-0.3, -0.25) is 0 Å². The van der Waals surface area contributed by atoms with Gasteiger partial charge in [-0.2, -0.15) is 0 Å². The van der Waals surface area contributed by atoms with Gasteiger partial charge in [-0.1, -0.05) is 144 Å².